The van der Waals surface area contributed by atoms with E-state index in [4.69, 9.17) is 28.4 Å². The maximum Gasteiger partial charge on any atom is 0.513 e. The van der Waals surface area contributed by atoms with E-state index in [-0.39, 0.29) is 73.5 Å². The van der Waals surface area contributed by atoms with E-state index in [0.717, 1.165) is 18.4 Å². The van der Waals surface area contributed by atoms with E-state index in [1.807, 2.05) is 20.8 Å². The SMILES string of the molecule is CCC(C)(C)C(=O)OC1CC(C)C=C2C=C[C@H](C)[C@H](CC[C@@H]3C[C@@H](OC(=O)OCCSSCCOC(=O)Oc4ccc(C5C(CC[C@H](O)c6ccc(F)cc6)C(=O)N5c5ccc(F)cc5)cc4)CC(=O)O3)[C@H]21. The van der Waals surface area contributed by atoms with Crippen molar-refractivity contribution in [2.75, 3.05) is 29.6 Å². The summed E-state index contributed by atoms with van der Waals surface area (Å²) in [5, 5.41) is 10.8. The summed E-state index contributed by atoms with van der Waals surface area (Å²) in [7, 11) is 2.83. The number of allylic oxidation sites excluding steroid dienone is 3. The third-order valence-electron chi connectivity index (χ3n) is 14.2. The second-order valence-electron chi connectivity index (χ2n) is 19.7. The van der Waals surface area contributed by atoms with Crippen molar-refractivity contribution < 1.29 is 66.3 Å². The molecule has 2 saturated heterocycles. The van der Waals surface area contributed by atoms with Gasteiger partial charge in [-0.15, -0.1) is 0 Å². The van der Waals surface area contributed by atoms with Crippen LogP contribution in [0.2, 0.25) is 0 Å². The number of nitrogens with zero attached hydrogens (tertiary/aromatic N) is 1. The van der Waals surface area contributed by atoms with Gasteiger partial charge in [0.15, 0.2) is 0 Å². The molecule has 17 heteroatoms. The summed E-state index contributed by atoms with van der Waals surface area (Å²) in [5.74, 6) is -0.347. The van der Waals surface area contributed by atoms with E-state index in [1.165, 1.54) is 75.7 Å². The normalized spacial score (nSPS) is 25.2. The Bertz CT molecular complexity index is 2420. The van der Waals surface area contributed by atoms with Crippen LogP contribution in [0, 0.1) is 46.6 Å². The molecule has 1 amide bonds. The van der Waals surface area contributed by atoms with E-state index in [1.54, 1.807) is 29.2 Å². The minimum Gasteiger partial charge on any atom is -0.462 e. The number of hydrogen-bond donors (Lipinski definition) is 1. The molecule has 10 atom stereocenters. The second kappa shape index (κ2) is 25.0. The predicted octanol–water partition coefficient (Wildman–Crippen LogP) is 11.8. The summed E-state index contributed by atoms with van der Waals surface area (Å²) in [4.78, 5) is 66.0. The molecule has 7 rings (SSSR count). The third-order valence-corrected chi connectivity index (χ3v) is 16.5. The molecule has 0 radical (unpaired) electrons. The van der Waals surface area contributed by atoms with Gasteiger partial charge in [0.2, 0.25) is 5.91 Å². The number of anilines is 1. The van der Waals surface area contributed by atoms with Gasteiger partial charge in [-0.05, 0) is 135 Å². The molecule has 0 saturated carbocycles. The van der Waals surface area contributed by atoms with Gasteiger partial charge in [-0.2, -0.15) is 0 Å². The summed E-state index contributed by atoms with van der Waals surface area (Å²) in [6.45, 7) is 10.3. The van der Waals surface area contributed by atoms with Crippen LogP contribution in [-0.2, 0) is 38.1 Å². The van der Waals surface area contributed by atoms with Gasteiger partial charge in [-0.1, -0.05) is 84.9 Å². The van der Waals surface area contributed by atoms with Crippen LogP contribution in [0.1, 0.15) is 109 Å². The van der Waals surface area contributed by atoms with Crippen molar-refractivity contribution in [3.63, 3.8) is 0 Å². The molecule has 4 unspecified atom stereocenters. The number of halogens is 2. The number of carbonyl (C=O) groups excluding carboxylic acids is 5. The van der Waals surface area contributed by atoms with Crippen molar-refractivity contribution >= 4 is 57.4 Å². The van der Waals surface area contributed by atoms with E-state index >= 15 is 0 Å². The molecule has 72 heavy (non-hydrogen) atoms. The topological polar surface area (TPSA) is 164 Å². The first-order valence-corrected chi connectivity index (χ1v) is 27.3. The number of carbonyl (C=O) groups is 5. The van der Waals surface area contributed by atoms with Crippen LogP contribution in [-0.4, -0.2) is 78.3 Å². The second-order valence-corrected chi connectivity index (χ2v) is 22.4. The standard InChI is InChI=1S/C55H65F2NO12S2/c1-6-55(4,5)52(62)70-47-30-33(2)29-37-8-7-34(3)44(49(37)47)22-21-42-31-43(32-48(60)67-42)69-54(64)66-26-28-72-71-27-25-65-53(63)68-41-19-11-36(12-20-41)50-45(23-24-46(59)35-9-13-38(56)14-10-35)51(61)58(50)40-17-15-39(57)16-18-40/h7-20,29,33-34,42-47,49-50,59H,6,21-28,30-32H2,1-5H3/t33?,34-,42+,43+,44-,45?,46-,47?,49-,50?/m0/s1. The van der Waals surface area contributed by atoms with E-state index < -0.39 is 65.6 Å². The van der Waals surface area contributed by atoms with Crippen molar-refractivity contribution in [2.45, 2.75) is 116 Å². The summed E-state index contributed by atoms with van der Waals surface area (Å²) in [5.41, 5.74) is 2.42. The zero-order chi connectivity index (χ0) is 51.5. The molecule has 0 bridgehead atoms. The fourth-order valence-electron chi connectivity index (χ4n) is 9.91. The molecule has 3 aromatic rings. The zero-order valence-corrected chi connectivity index (χ0v) is 43.0. The van der Waals surface area contributed by atoms with Crippen LogP contribution >= 0.6 is 21.6 Å². The molecule has 2 aliphatic heterocycles. The van der Waals surface area contributed by atoms with Crippen LogP contribution in [0.3, 0.4) is 0 Å². The Balaban J connectivity index is 0.791. The molecule has 2 aliphatic carbocycles. The quantitative estimate of drug-likeness (QED) is 0.0268. The summed E-state index contributed by atoms with van der Waals surface area (Å²) < 4.78 is 60.6. The average Bonchev–Trinajstić information content (AvgIpc) is 3.34. The largest absolute Gasteiger partial charge is 0.513 e. The fraction of sp³-hybridized carbons (Fsp3) is 0.509. The lowest BCUT2D eigenvalue weighted by Gasteiger charge is -2.48. The number of benzene rings is 3. The number of esters is 2. The van der Waals surface area contributed by atoms with Crippen LogP contribution in [0.25, 0.3) is 0 Å². The number of aliphatic hydroxyl groups is 1. The minimum absolute atomic E-state index is 0.0414. The van der Waals surface area contributed by atoms with Crippen LogP contribution in [0.15, 0.2) is 96.6 Å². The Labute approximate surface area is 428 Å². The van der Waals surface area contributed by atoms with E-state index in [9.17, 15) is 37.9 Å². The van der Waals surface area contributed by atoms with Crippen molar-refractivity contribution in [3.05, 3.63) is 119 Å². The van der Waals surface area contributed by atoms with Crippen LogP contribution < -0.4 is 9.64 Å². The minimum atomic E-state index is -0.901. The van der Waals surface area contributed by atoms with Gasteiger partial charge >= 0.3 is 24.2 Å². The Morgan fingerprint density at radius 1 is 0.847 bits per heavy atom. The first-order chi connectivity index (χ1) is 34.5. The number of amides is 1. The van der Waals surface area contributed by atoms with Gasteiger partial charge in [-0.3, -0.25) is 14.4 Å². The first-order valence-electron chi connectivity index (χ1n) is 24.8. The molecule has 3 aromatic carbocycles. The number of fused-ring (bicyclic) bond motifs is 1. The van der Waals surface area contributed by atoms with Crippen LogP contribution in [0.5, 0.6) is 5.75 Å². The average molecular weight is 1030 g/mol. The number of hydrogen-bond acceptors (Lipinski definition) is 14. The Morgan fingerprint density at radius 2 is 1.50 bits per heavy atom. The highest BCUT2D eigenvalue weighted by Gasteiger charge is 2.49. The van der Waals surface area contributed by atoms with Gasteiger partial charge < -0.3 is 38.4 Å². The van der Waals surface area contributed by atoms with Gasteiger partial charge in [0, 0.05) is 29.5 Å². The highest BCUT2D eigenvalue weighted by atomic mass is 33.1. The molecule has 4 aliphatic rings. The molecule has 2 fully saturated rings. The number of rotatable bonds is 21. The van der Waals surface area contributed by atoms with Gasteiger partial charge in [0.25, 0.3) is 0 Å². The lowest BCUT2D eigenvalue weighted by atomic mass is 9.65. The number of ether oxygens (including phenoxy) is 6. The molecule has 2 heterocycles. The summed E-state index contributed by atoms with van der Waals surface area (Å²) >= 11 is 0. The molecule has 0 aromatic heterocycles. The highest BCUT2D eigenvalue weighted by Crippen LogP contribution is 2.48. The van der Waals surface area contributed by atoms with E-state index in [0.29, 0.717) is 48.4 Å². The number of aliphatic hydroxyl groups excluding tert-OH is 1. The van der Waals surface area contributed by atoms with Gasteiger partial charge in [-0.25, -0.2) is 18.4 Å². The van der Waals surface area contributed by atoms with Gasteiger partial charge in [0.1, 0.15) is 48.9 Å². The summed E-state index contributed by atoms with van der Waals surface area (Å²) in [6, 6.07) is 17.4. The number of β-lactam (4-membered cyclic amide) rings is 1. The van der Waals surface area contributed by atoms with Crippen molar-refractivity contribution in [3.8, 4) is 5.75 Å². The Hall–Kier alpha value is -5.39. The fourth-order valence-corrected chi connectivity index (χ4v) is 11.6. The molecule has 388 valence electrons. The zero-order valence-electron chi connectivity index (χ0n) is 41.4. The van der Waals surface area contributed by atoms with Crippen LogP contribution in [0.4, 0.5) is 24.1 Å². The Morgan fingerprint density at radius 3 is 2.17 bits per heavy atom. The number of cyclic esters (lactones) is 1. The lowest BCUT2D eigenvalue weighted by Crippen LogP contribution is -2.55. The van der Waals surface area contributed by atoms with E-state index in [2.05, 4.69) is 32.1 Å². The lowest BCUT2D eigenvalue weighted by molar-refractivity contribution is -0.166. The van der Waals surface area contributed by atoms with Crippen molar-refractivity contribution in [1.82, 2.24) is 0 Å². The predicted molar refractivity (Wildman–Crippen MR) is 270 cm³/mol. The van der Waals surface area contributed by atoms with Gasteiger partial charge in [0.05, 0.1) is 29.9 Å². The van der Waals surface area contributed by atoms with Crippen molar-refractivity contribution in [1.29, 1.82) is 0 Å². The Kier molecular flexibility index (Phi) is 18.9. The summed E-state index contributed by atoms with van der Waals surface area (Å²) in [6.07, 6.45) is 6.29. The molecular weight excluding hydrogens is 969 g/mol. The highest BCUT2D eigenvalue weighted by molar-refractivity contribution is 8.76. The third kappa shape index (κ3) is 14.2. The smallest absolute Gasteiger partial charge is 0.462 e. The first kappa shape index (κ1) is 54.4. The molecule has 0 spiro atoms. The molecule has 13 nitrogen and oxygen atoms in total. The maximum atomic E-state index is 13.8. The molecule has 1 N–H and O–H groups in total. The maximum absolute atomic E-state index is 13.8. The monoisotopic (exact) mass is 1030 g/mol. The molecular formula is C55H65F2NO12S2. The van der Waals surface area contributed by atoms with Crippen molar-refractivity contribution in [2.24, 2.45) is 35.0 Å².